The molecule has 0 spiro atoms. The zero-order valence-corrected chi connectivity index (χ0v) is 17.2. The minimum Gasteiger partial charge on any atom is -0.342 e. The second-order valence-corrected chi connectivity index (χ2v) is 8.26. The van der Waals surface area contributed by atoms with E-state index in [-0.39, 0.29) is 23.6 Å². The summed E-state index contributed by atoms with van der Waals surface area (Å²) < 4.78 is 0. The highest BCUT2D eigenvalue weighted by atomic mass is 16.2. The summed E-state index contributed by atoms with van der Waals surface area (Å²) in [6, 6.07) is 7.75. The standard InChI is InChI=1S/C22H31N3O3/c1-4-17-5-7-18(8-6-17)21(27)23-9-11-24(12-10-23)22(28)19-13-20(26)25(15-19)14-16(2)3/h5-8,16,19H,4,9-15H2,1-3H3. The van der Waals surface area contributed by atoms with Crippen molar-refractivity contribution in [2.75, 3.05) is 39.3 Å². The van der Waals surface area contributed by atoms with Gasteiger partial charge in [0.1, 0.15) is 0 Å². The van der Waals surface area contributed by atoms with Gasteiger partial charge in [0, 0.05) is 51.3 Å². The van der Waals surface area contributed by atoms with Crippen LogP contribution in [0.25, 0.3) is 0 Å². The lowest BCUT2D eigenvalue weighted by molar-refractivity contribution is -0.137. The first kappa shape index (κ1) is 20.4. The number of carbonyl (C=O) groups is 3. The molecule has 0 saturated carbocycles. The summed E-state index contributed by atoms with van der Waals surface area (Å²) in [4.78, 5) is 43.1. The quantitative estimate of drug-likeness (QED) is 0.779. The molecule has 1 aromatic rings. The summed E-state index contributed by atoms with van der Waals surface area (Å²) in [5.41, 5.74) is 1.91. The first-order chi connectivity index (χ1) is 13.4. The average Bonchev–Trinajstić information content (AvgIpc) is 3.06. The molecule has 2 aliphatic heterocycles. The summed E-state index contributed by atoms with van der Waals surface area (Å²) >= 11 is 0. The maximum absolute atomic E-state index is 12.8. The minimum absolute atomic E-state index is 0.0221. The second kappa shape index (κ2) is 8.76. The number of nitrogens with zero attached hydrogens (tertiary/aromatic N) is 3. The fourth-order valence-electron chi connectivity index (χ4n) is 4.01. The van der Waals surface area contributed by atoms with Crippen molar-refractivity contribution < 1.29 is 14.4 Å². The molecule has 2 saturated heterocycles. The van der Waals surface area contributed by atoms with Crippen molar-refractivity contribution in [2.24, 2.45) is 11.8 Å². The smallest absolute Gasteiger partial charge is 0.253 e. The molecule has 1 aromatic carbocycles. The van der Waals surface area contributed by atoms with Gasteiger partial charge in [-0.1, -0.05) is 32.9 Å². The van der Waals surface area contributed by atoms with Crippen molar-refractivity contribution in [3.8, 4) is 0 Å². The van der Waals surface area contributed by atoms with Crippen LogP contribution in [0.1, 0.15) is 43.1 Å². The number of aryl methyl sites for hydroxylation is 1. The third-order valence-electron chi connectivity index (χ3n) is 5.64. The molecule has 2 fully saturated rings. The lowest BCUT2D eigenvalue weighted by Crippen LogP contribution is -2.52. The summed E-state index contributed by atoms with van der Waals surface area (Å²) in [5.74, 6) is 0.318. The Hall–Kier alpha value is -2.37. The summed E-state index contributed by atoms with van der Waals surface area (Å²) in [5, 5.41) is 0. The van der Waals surface area contributed by atoms with Crippen LogP contribution in [0.15, 0.2) is 24.3 Å². The topological polar surface area (TPSA) is 60.9 Å². The van der Waals surface area contributed by atoms with Crippen molar-refractivity contribution in [1.82, 2.24) is 14.7 Å². The SMILES string of the molecule is CCc1ccc(C(=O)N2CCN(C(=O)C3CC(=O)N(CC(C)C)C3)CC2)cc1. The molecule has 2 heterocycles. The Morgan fingerprint density at radius 1 is 1.04 bits per heavy atom. The van der Waals surface area contributed by atoms with Crippen LogP contribution in [-0.4, -0.2) is 71.7 Å². The third kappa shape index (κ3) is 4.54. The van der Waals surface area contributed by atoms with E-state index in [0.29, 0.717) is 57.2 Å². The van der Waals surface area contributed by atoms with Gasteiger partial charge in [0.25, 0.3) is 5.91 Å². The number of likely N-dealkylation sites (tertiary alicyclic amines) is 1. The van der Waals surface area contributed by atoms with Gasteiger partial charge >= 0.3 is 0 Å². The van der Waals surface area contributed by atoms with Gasteiger partial charge in [0.2, 0.25) is 11.8 Å². The first-order valence-electron chi connectivity index (χ1n) is 10.3. The number of benzene rings is 1. The van der Waals surface area contributed by atoms with Crippen LogP contribution in [0.2, 0.25) is 0 Å². The molecule has 6 nitrogen and oxygen atoms in total. The lowest BCUT2D eigenvalue weighted by atomic mass is 10.1. The molecule has 0 bridgehead atoms. The van der Waals surface area contributed by atoms with E-state index in [1.807, 2.05) is 39.0 Å². The highest BCUT2D eigenvalue weighted by Crippen LogP contribution is 2.22. The van der Waals surface area contributed by atoms with Gasteiger partial charge in [-0.05, 0) is 30.0 Å². The zero-order chi connectivity index (χ0) is 20.3. The van der Waals surface area contributed by atoms with Crippen molar-refractivity contribution in [2.45, 2.75) is 33.6 Å². The van der Waals surface area contributed by atoms with Crippen LogP contribution in [-0.2, 0) is 16.0 Å². The maximum atomic E-state index is 12.8. The van der Waals surface area contributed by atoms with Crippen molar-refractivity contribution >= 4 is 17.7 Å². The van der Waals surface area contributed by atoms with Crippen LogP contribution in [0.3, 0.4) is 0 Å². The van der Waals surface area contributed by atoms with Gasteiger partial charge < -0.3 is 14.7 Å². The normalized spacial score (nSPS) is 20.2. The third-order valence-corrected chi connectivity index (χ3v) is 5.64. The molecule has 3 rings (SSSR count). The van der Waals surface area contributed by atoms with E-state index in [1.54, 1.807) is 0 Å². The molecular weight excluding hydrogens is 354 g/mol. The fraction of sp³-hybridized carbons (Fsp3) is 0.591. The fourth-order valence-corrected chi connectivity index (χ4v) is 4.01. The highest BCUT2D eigenvalue weighted by molar-refractivity contribution is 5.94. The largest absolute Gasteiger partial charge is 0.342 e. The van der Waals surface area contributed by atoms with Crippen molar-refractivity contribution in [1.29, 1.82) is 0 Å². The van der Waals surface area contributed by atoms with E-state index in [2.05, 4.69) is 20.8 Å². The van der Waals surface area contributed by atoms with Crippen LogP contribution in [0.5, 0.6) is 0 Å². The van der Waals surface area contributed by atoms with E-state index in [9.17, 15) is 14.4 Å². The van der Waals surface area contributed by atoms with E-state index in [1.165, 1.54) is 5.56 Å². The molecule has 152 valence electrons. The predicted octanol–water partition coefficient (Wildman–Crippen LogP) is 2.04. The van der Waals surface area contributed by atoms with Crippen LogP contribution < -0.4 is 0 Å². The first-order valence-corrected chi connectivity index (χ1v) is 10.3. The van der Waals surface area contributed by atoms with E-state index < -0.39 is 0 Å². The Bertz CT molecular complexity index is 721. The van der Waals surface area contributed by atoms with Gasteiger partial charge in [-0.2, -0.15) is 0 Å². The molecule has 28 heavy (non-hydrogen) atoms. The van der Waals surface area contributed by atoms with Crippen molar-refractivity contribution in [3.63, 3.8) is 0 Å². The molecule has 1 atom stereocenters. The second-order valence-electron chi connectivity index (χ2n) is 8.26. The number of carbonyl (C=O) groups excluding carboxylic acids is 3. The number of rotatable bonds is 5. The van der Waals surface area contributed by atoms with Gasteiger partial charge in [-0.15, -0.1) is 0 Å². The molecule has 0 radical (unpaired) electrons. The monoisotopic (exact) mass is 385 g/mol. The van der Waals surface area contributed by atoms with Gasteiger partial charge in [-0.25, -0.2) is 0 Å². The molecule has 1 unspecified atom stereocenters. The Balaban J connectivity index is 1.52. The molecule has 2 aliphatic rings. The van der Waals surface area contributed by atoms with Gasteiger partial charge in [-0.3, -0.25) is 14.4 Å². The van der Waals surface area contributed by atoms with Gasteiger partial charge in [0.15, 0.2) is 0 Å². The minimum atomic E-state index is -0.241. The van der Waals surface area contributed by atoms with Crippen LogP contribution >= 0.6 is 0 Å². The number of amides is 3. The molecule has 0 aromatic heterocycles. The maximum Gasteiger partial charge on any atom is 0.253 e. The molecule has 3 amide bonds. The molecular formula is C22H31N3O3. The molecule has 0 N–H and O–H groups in total. The molecule has 0 aliphatic carbocycles. The van der Waals surface area contributed by atoms with E-state index in [0.717, 1.165) is 6.42 Å². The summed E-state index contributed by atoms with van der Waals surface area (Å²) in [6.07, 6.45) is 1.27. The van der Waals surface area contributed by atoms with Crippen molar-refractivity contribution in [3.05, 3.63) is 35.4 Å². The zero-order valence-electron chi connectivity index (χ0n) is 17.2. The van der Waals surface area contributed by atoms with Crippen LogP contribution in [0.4, 0.5) is 0 Å². The average molecular weight is 386 g/mol. The molecule has 6 heteroatoms. The lowest BCUT2D eigenvalue weighted by Gasteiger charge is -2.36. The van der Waals surface area contributed by atoms with E-state index >= 15 is 0 Å². The number of hydrogen-bond donors (Lipinski definition) is 0. The Morgan fingerprint density at radius 2 is 1.64 bits per heavy atom. The summed E-state index contributed by atoms with van der Waals surface area (Å²) in [7, 11) is 0. The van der Waals surface area contributed by atoms with Crippen LogP contribution in [0, 0.1) is 11.8 Å². The predicted molar refractivity (Wildman–Crippen MR) is 108 cm³/mol. The van der Waals surface area contributed by atoms with Gasteiger partial charge in [0.05, 0.1) is 5.92 Å². The Labute approximate surface area is 167 Å². The Morgan fingerprint density at radius 3 is 2.21 bits per heavy atom. The highest BCUT2D eigenvalue weighted by Gasteiger charge is 2.37. The Kier molecular flexibility index (Phi) is 6.37. The number of piperazine rings is 1. The summed E-state index contributed by atoms with van der Waals surface area (Å²) in [6.45, 7) is 9.63. The number of hydrogen-bond acceptors (Lipinski definition) is 3. The van der Waals surface area contributed by atoms with E-state index in [4.69, 9.17) is 0 Å².